The number of carbonyl (C=O) groups excluding carboxylic acids is 2. The van der Waals surface area contributed by atoms with Gasteiger partial charge in [0, 0.05) is 18.2 Å². The van der Waals surface area contributed by atoms with Crippen molar-refractivity contribution in [3.8, 4) is 5.75 Å². The molecule has 3 rings (SSSR count). The van der Waals surface area contributed by atoms with Crippen LogP contribution in [0, 0.1) is 11.8 Å². The summed E-state index contributed by atoms with van der Waals surface area (Å²) in [5.74, 6) is 0.729. The predicted octanol–water partition coefficient (Wildman–Crippen LogP) is 3.57. The first kappa shape index (κ1) is 21.5. The summed E-state index contributed by atoms with van der Waals surface area (Å²) in [7, 11) is 1.58. The molecule has 0 bridgehead atoms. The number of ether oxygens (including phenoxy) is 1. The van der Waals surface area contributed by atoms with E-state index < -0.39 is 0 Å². The van der Waals surface area contributed by atoms with Crippen molar-refractivity contribution in [2.24, 2.45) is 11.8 Å². The fourth-order valence-corrected chi connectivity index (χ4v) is 3.80. The molecule has 1 aliphatic carbocycles. The highest BCUT2D eigenvalue weighted by Crippen LogP contribution is 2.31. The highest BCUT2D eigenvalue weighted by molar-refractivity contribution is 5.97. The molecule has 2 aliphatic rings. The summed E-state index contributed by atoms with van der Waals surface area (Å²) in [5, 5.41) is 9.22. The molecule has 27 heavy (non-hydrogen) atoms. The van der Waals surface area contributed by atoms with Crippen LogP contribution in [-0.2, 0) is 9.59 Å². The second kappa shape index (κ2) is 10.5. The van der Waals surface area contributed by atoms with E-state index in [1.807, 2.05) is 6.07 Å². The zero-order valence-corrected chi connectivity index (χ0v) is 16.7. The summed E-state index contributed by atoms with van der Waals surface area (Å²) in [4.78, 5) is 25.0. The molecule has 1 saturated carbocycles. The minimum Gasteiger partial charge on any atom is -0.495 e. The van der Waals surface area contributed by atoms with Crippen molar-refractivity contribution in [3.05, 3.63) is 18.2 Å². The van der Waals surface area contributed by atoms with Crippen molar-refractivity contribution in [1.82, 2.24) is 5.32 Å². The highest BCUT2D eigenvalue weighted by atomic mass is 35.5. The number of halogens is 1. The highest BCUT2D eigenvalue weighted by Gasteiger charge is 2.23. The largest absolute Gasteiger partial charge is 0.495 e. The van der Waals surface area contributed by atoms with Crippen molar-refractivity contribution >= 4 is 35.6 Å². The first-order valence-corrected chi connectivity index (χ1v) is 9.68. The standard InChI is InChI=1S/C20H29N3O3.ClH/c1-26-18-10-9-16(22-20(25)15-8-5-11-21-13-15)12-17(18)23-19(24)14-6-3-2-4-7-14;/h9-10,12,14-15,21H,2-8,11,13H2,1H3,(H,22,25)(H,23,24);1H. The van der Waals surface area contributed by atoms with E-state index in [1.54, 1.807) is 19.2 Å². The van der Waals surface area contributed by atoms with E-state index in [0.717, 1.165) is 45.1 Å². The van der Waals surface area contributed by atoms with Crippen molar-refractivity contribution in [2.75, 3.05) is 30.8 Å². The van der Waals surface area contributed by atoms with Gasteiger partial charge in [-0.25, -0.2) is 0 Å². The van der Waals surface area contributed by atoms with E-state index in [2.05, 4.69) is 16.0 Å². The van der Waals surface area contributed by atoms with Gasteiger partial charge in [-0.15, -0.1) is 12.4 Å². The number of hydrogen-bond acceptors (Lipinski definition) is 4. The topological polar surface area (TPSA) is 79.5 Å². The molecule has 2 amide bonds. The average molecular weight is 396 g/mol. The minimum absolute atomic E-state index is 0. The zero-order chi connectivity index (χ0) is 18.4. The van der Waals surface area contributed by atoms with Crippen LogP contribution in [0.3, 0.4) is 0 Å². The van der Waals surface area contributed by atoms with Gasteiger partial charge in [-0.2, -0.15) is 0 Å². The molecule has 1 aliphatic heterocycles. The van der Waals surface area contributed by atoms with E-state index in [4.69, 9.17) is 4.74 Å². The van der Waals surface area contributed by atoms with Gasteiger partial charge in [0.15, 0.2) is 0 Å². The lowest BCUT2D eigenvalue weighted by Gasteiger charge is -2.23. The van der Waals surface area contributed by atoms with Crippen molar-refractivity contribution in [2.45, 2.75) is 44.9 Å². The molecule has 3 N–H and O–H groups in total. The van der Waals surface area contributed by atoms with Crippen molar-refractivity contribution < 1.29 is 14.3 Å². The molecule has 2 fully saturated rings. The molecular formula is C20H30ClN3O3. The monoisotopic (exact) mass is 395 g/mol. The van der Waals surface area contributed by atoms with E-state index in [0.29, 0.717) is 23.7 Å². The molecule has 6 nitrogen and oxygen atoms in total. The number of carbonyl (C=O) groups is 2. The first-order valence-electron chi connectivity index (χ1n) is 9.68. The molecule has 1 aromatic carbocycles. The third kappa shape index (κ3) is 5.84. The number of nitrogens with one attached hydrogen (secondary N) is 3. The molecule has 1 saturated heterocycles. The summed E-state index contributed by atoms with van der Waals surface area (Å²) in [6.45, 7) is 1.69. The van der Waals surface area contributed by atoms with Crippen LogP contribution in [0.5, 0.6) is 5.75 Å². The molecule has 1 unspecified atom stereocenters. The van der Waals surface area contributed by atoms with Gasteiger partial charge in [-0.1, -0.05) is 19.3 Å². The maximum Gasteiger partial charge on any atom is 0.228 e. The van der Waals surface area contributed by atoms with Crippen LogP contribution < -0.4 is 20.7 Å². The third-order valence-electron chi connectivity index (χ3n) is 5.37. The van der Waals surface area contributed by atoms with Gasteiger partial charge < -0.3 is 20.7 Å². The quantitative estimate of drug-likeness (QED) is 0.712. The molecular weight excluding hydrogens is 366 g/mol. The number of hydrogen-bond donors (Lipinski definition) is 3. The van der Waals surface area contributed by atoms with E-state index in [9.17, 15) is 9.59 Å². The second-order valence-electron chi connectivity index (χ2n) is 7.27. The van der Waals surface area contributed by atoms with Gasteiger partial charge in [0.05, 0.1) is 18.7 Å². The van der Waals surface area contributed by atoms with Crippen LogP contribution in [-0.4, -0.2) is 32.0 Å². The lowest BCUT2D eigenvalue weighted by molar-refractivity contribution is -0.121. The van der Waals surface area contributed by atoms with E-state index in [-0.39, 0.29) is 36.1 Å². The second-order valence-corrected chi connectivity index (χ2v) is 7.27. The number of anilines is 2. The Kier molecular flexibility index (Phi) is 8.38. The lowest BCUT2D eigenvalue weighted by Crippen LogP contribution is -2.37. The predicted molar refractivity (Wildman–Crippen MR) is 110 cm³/mol. The van der Waals surface area contributed by atoms with Gasteiger partial charge in [-0.3, -0.25) is 9.59 Å². The zero-order valence-electron chi connectivity index (χ0n) is 15.9. The minimum atomic E-state index is -0.00821. The van der Waals surface area contributed by atoms with Crippen LogP contribution in [0.25, 0.3) is 0 Å². The Hall–Kier alpha value is -1.79. The van der Waals surface area contributed by atoms with Crippen LogP contribution in [0.15, 0.2) is 18.2 Å². The molecule has 1 aromatic rings. The van der Waals surface area contributed by atoms with Gasteiger partial charge >= 0.3 is 0 Å². The first-order chi connectivity index (χ1) is 12.7. The Morgan fingerprint density at radius 3 is 2.37 bits per heavy atom. The fraction of sp³-hybridized carbons (Fsp3) is 0.600. The van der Waals surface area contributed by atoms with Crippen LogP contribution in [0.1, 0.15) is 44.9 Å². The Morgan fingerprint density at radius 1 is 1.00 bits per heavy atom. The Balaban J connectivity index is 0.00000261. The Bertz CT molecular complexity index is 641. The van der Waals surface area contributed by atoms with Crippen molar-refractivity contribution in [1.29, 1.82) is 0 Å². The number of piperidine rings is 1. The fourth-order valence-electron chi connectivity index (χ4n) is 3.80. The summed E-state index contributed by atoms with van der Waals surface area (Å²) >= 11 is 0. The van der Waals surface area contributed by atoms with Crippen LogP contribution in [0.4, 0.5) is 11.4 Å². The van der Waals surface area contributed by atoms with Gasteiger partial charge in [0.1, 0.15) is 5.75 Å². The Morgan fingerprint density at radius 2 is 1.70 bits per heavy atom. The van der Waals surface area contributed by atoms with E-state index >= 15 is 0 Å². The van der Waals surface area contributed by atoms with Crippen LogP contribution in [0.2, 0.25) is 0 Å². The molecule has 1 heterocycles. The number of benzene rings is 1. The smallest absolute Gasteiger partial charge is 0.228 e. The third-order valence-corrected chi connectivity index (χ3v) is 5.37. The lowest BCUT2D eigenvalue weighted by atomic mass is 9.88. The van der Waals surface area contributed by atoms with Crippen molar-refractivity contribution in [3.63, 3.8) is 0 Å². The summed E-state index contributed by atoms with van der Waals surface area (Å²) in [6.07, 6.45) is 7.24. The number of amides is 2. The molecule has 7 heteroatoms. The maximum absolute atomic E-state index is 12.6. The van der Waals surface area contributed by atoms with Crippen LogP contribution >= 0.6 is 12.4 Å². The Labute approximate surface area is 167 Å². The van der Waals surface area contributed by atoms with Gasteiger partial charge in [0.2, 0.25) is 11.8 Å². The molecule has 150 valence electrons. The van der Waals surface area contributed by atoms with Gasteiger partial charge in [0.25, 0.3) is 0 Å². The average Bonchev–Trinajstić information content (AvgIpc) is 2.69. The summed E-state index contributed by atoms with van der Waals surface area (Å²) in [5.41, 5.74) is 1.29. The molecule has 0 spiro atoms. The van der Waals surface area contributed by atoms with Gasteiger partial charge in [-0.05, 0) is 50.4 Å². The molecule has 0 aromatic heterocycles. The summed E-state index contributed by atoms with van der Waals surface area (Å²) < 4.78 is 5.37. The number of methoxy groups -OCH3 is 1. The number of rotatable bonds is 5. The molecule has 0 radical (unpaired) electrons. The van der Waals surface area contributed by atoms with E-state index in [1.165, 1.54) is 6.42 Å². The SMILES string of the molecule is COc1ccc(NC(=O)C2CCCNC2)cc1NC(=O)C1CCCCC1.Cl. The normalized spacial score (nSPS) is 20.3. The molecule has 1 atom stereocenters. The maximum atomic E-state index is 12.6. The summed E-state index contributed by atoms with van der Waals surface area (Å²) in [6, 6.07) is 5.38.